The molecule has 0 aromatic carbocycles. The Balaban J connectivity index is 0. The van der Waals surface area contributed by atoms with E-state index >= 15 is 0 Å². The van der Waals surface area contributed by atoms with Crippen molar-refractivity contribution in [3.63, 3.8) is 0 Å². The second kappa shape index (κ2) is 9.47. The van der Waals surface area contributed by atoms with Crippen molar-refractivity contribution < 1.29 is 37.4 Å². The van der Waals surface area contributed by atoms with Gasteiger partial charge in [0.05, 0.1) is 0 Å². The maximum Gasteiger partial charge on any atom is 0 e. The minimum atomic E-state index is 0. The van der Waals surface area contributed by atoms with Gasteiger partial charge in [-0.3, -0.25) is 0 Å². The Kier molecular flexibility index (Phi) is 20.9. The van der Waals surface area contributed by atoms with Crippen molar-refractivity contribution in [3.8, 4) is 0 Å². The molecule has 0 aromatic heterocycles. The van der Waals surface area contributed by atoms with Crippen LogP contribution in [0.25, 0.3) is 0 Å². The van der Waals surface area contributed by atoms with E-state index in [0.717, 1.165) is 0 Å². The molecule has 4 heavy (non-hydrogen) atoms. The molecule has 0 heterocycles. The number of hydrogen-bond donors (Lipinski definition) is 0. The van der Waals surface area contributed by atoms with Gasteiger partial charge in [0.15, 0.2) is 0 Å². The molecule has 0 saturated carbocycles. The van der Waals surface area contributed by atoms with Gasteiger partial charge in [0.2, 0.25) is 0 Å². The first kappa shape index (κ1) is 8.82. The predicted molar refractivity (Wildman–Crippen MR) is 5.69 cm³/mol. The third kappa shape index (κ3) is 17.9. The zero-order valence-electron chi connectivity index (χ0n) is 1.65. The molecule has 3 heteroatoms. The standard InChI is InChI=1S/CO.Co.Cr/c1-2;;. The molecule has 0 aliphatic rings. The van der Waals surface area contributed by atoms with Crippen molar-refractivity contribution >= 4 is 4.75 Å². The fourth-order valence-corrected chi connectivity index (χ4v) is 0. The maximum absolute atomic E-state index is 8.62. The van der Waals surface area contributed by atoms with Crippen LogP contribution in [0.1, 0.15) is 0 Å². The van der Waals surface area contributed by atoms with Gasteiger partial charge in [-0.1, -0.05) is 0 Å². The SMILES string of the molecule is O=[C]=[Cr].[Co]. The Hall–Kier alpha value is 0.619. The first-order valence-electron chi connectivity index (χ1n) is 0.408. The van der Waals surface area contributed by atoms with Crippen molar-refractivity contribution in [3.05, 3.63) is 0 Å². The van der Waals surface area contributed by atoms with E-state index in [1.165, 1.54) is 4.75 Å². The Bertz CT molecular complexity index is 29.0. The first-order chi connectivity index (χ1) is 1.41. The predicted octanol–water partition coefficient (Wildman–Crippen LogP) is -0.402. The molecule has 0 atom stereocenters. The van der Waals surface area contributed by atoms with E-state index < -0.39 is 0 Å². The summed E-state index contributed by atoms with van der Waals surface area (Å²) >= 11 is 2.00. The zero-order chi connectivity index (χ0) is 2.71. The van der Waals surface area contributed by atoms with Gasteiger partial charge in [-0.15, -0.1) is 0 Å². The van der Waals surface area contributed by atoms with Gasteiger partial charge in [-0.25, -0.2) is 0 Å². The third-order valence-electron chi connectivity index (χ3n) is 0. The van der Waals surface area contributed by atoms with Crippen molar-refractivity contribution in [2.75, 3.05) is 0 Å². The monoisotopic (exact) mass is 139 g/mol. The molecule has 0 unspecified atom stereocenters. The molecule has 0 N–H and O–H groups in total. The van der Waals surface area contributed by atoms with Crippen molar-refractivity contribution in [2.45, 2.75) is 0 Å². The van der Waals surface area contributed by atoms with Crippen molar-refractivity contribution in [1.29, 1.82) is 0 Å². The van der Waals surface area contributed by atoms with Crippen LogP contribution < -0.4 is 0 Å². The van der Waals surface area contributed by atoms with Crippen LogP contribution in [-0.4, -0.2) is 4.75 Å². The van der Waals surface area contributed by atoms with Gasteiger partial charge < -0.3 is 0 Å². The van der Waals surface area contributed by atoms with Crippen LogP contribution in [0.2, 0.25) is 0 Å². The molecule has 0 aliphatic carbocycles. The number of hydrogen-bond acceptors (Lipinski definition) is 1. The third-order valence-corrected chi connectivity index (χ3v) is 0. The number of carbonyl (C=O) groups excluding carboxylic acids is 1. The normalized spacial score (nSPS) is 2.00. The summed E-state index contributed by atoms with van der Waals surface area (Å²) in [5, 5.41) is 0. The Morgan fingerprint density at radius 3 is 1.75 bits per heavy atom. The summed E-state index contributed by atoms with van der Waals surface area (Å²) < 4.78 is 1.38. The molecular weight excluding hydrogens is 139 g/mol. The molecule has 25 valence electrons. The van der Waals surface area contributed by atoms with E-state index in [0.29, 0.717) is 0 Å². The van der Waals surface area contributed by atoms with E-state index in [2.05, 4.69) is 0 Å². The molecule has 0 amide bonds. The van der Waals surface area contributed by atoms with Crippen LogP contribution in [0.15, 0.2) is 0 Å². The van der Waals surface area contributed by atoms with E-state index in [-0.39, 0.29) is 16.8 Å². The fraction of sp³-hybridized carbons (Fsp3) is 0. The van der Waals surface area contributed by atoms with E-state index in [4.69, 9.17) is 4.79 Å². The van der Waals surface area contributed by atoms with Gasteiger partial charge in [-0.05, 0) is 0 Å². The van der Waals surface area contributed by atoms with E-state index in [1.807, 2.05) is 15.9 Å². The largest absolute Gasteiger partial charge is 0 e. The molecule has 1 nitrogen and oxygen atoms in total. The average molecular weight is 139 g/mol. The molecule has 0 saturated heterocycles. The summed E-state index contributed by atoms with van der Waals surface area (Å²) in [5.74, 6) is 0. The molecule has 0 fully saturated rings. The van der Waals surface area contributed by atoms with Crippen molar-refractivity contribution in [1.82, 2.24) is 0 Å². The topological polar surface area (TPSA) is 17.1 Å². The molecular formula is CCoCrO. The molecule has 0 bridgehead atoms. The average Bonchev–Trinajstić information content (AvgIpc) is 0.918. The summed E-state index contributed by atoms with van der Waals surface area (Å²) in [4.78, 5) is 8.62. The minimum absolute atomic E-state index is 0. The summed E-state index contributed by atoms with van der Waals surface area (Å²) in [6.07, 6.45) is 0. The van der Waals surface area contributed by atoms with Crippen LogP contribution in [-0.2, 0) is 37.4 Å². The number of rotatable bonds is 0. The van der Waals surface area contributed by atoms with E-state index in [1.54, 1.807) is 0 Å². The molecule has 0 aliphatic heterocycles. The Morgan fingerprint density at radius 1 is 1.75 bits per heavy atom. The Labute approximate surface area is 42.5 Å². The second-order valence-corrected chi connectivity index (χ2v) is 0.344. The molecule has 0 spiro atoms. The Morgan fingerprint density at radius 2 is 1.75 bits per heavy atom. The molecule has 0 aromatic rings. The summed E-state index contributed by atoms with van der Waals surface area (Å²) in [7, 11) is 0. The van der Waals surface area contributed by atoms with Crippen LogP contribution in [0, 0.1) is 0 Å². The van der Waals surface area contributed by atoms with Crippen LogP contribution in [0.5, 0.6) is 0 Å². The summed E-state index contributed by atoms with van der Waals surface area (Å²) in [6, 6.07) is 0. The quantitative estimate of drug-likeness (QED) is 0.446. The summed E-state index contributed by atoms with van der Waals surface area (Å²) in [6.45, 7) is 0. The van der Waals surface area contributed by atoms with Crippen LogP contribution in [0.4, 0.5) is 0 Å². The zero-order valence-corrected chi connectivity index (χ0v) is 3.97. The van der Waals surface area contributed by atoms with Gasteiger partial charge >= 0.3 is 25.4 Å². The van der Waals surface area contributed by atoms with Crippen LogP contribution >= 0.6 is 0 Å². The summed E-state index contributed by atoms with van der Waals surface area (Å²) in [5.41, 5.74) is 0. The smallest absolute Gasteiger partial charge is 0 e. The van der Waals surface area contributed by atoms with Gasteiger partial charge in [0.25, 0.3) is 0 Å². The first-order valence-corrected chi connectivity index (χ1v) is 1.05. The minimum Gasteiger partial charge on any atom is 0 e. The molecule has 0 rings (SSSR count). The van der Waals surface area contributed by atoms with Crippen molar-refractivity contribution in [2.24, 2.45) is 0 Å². The van der Waals surface area contributed by atoms with Gasteiger partial charge in [-0.2, -0.15) is 0 Å². The van der Waals surface area contributed by atoms with Crippen LogP contribution in [0.3, 0.4) is 0 Å². The second-order valence-electron chi connectivity index (χ2n) is 0.0833. The van der Waals surface area contributed by atoms with Gasteiger partial charge in [0, 0.05) is 16.8 Å². The fourth-order valence-electron chi connectivity index (χ4n) is 0. The van der Waals surface area contributed by atoms with E-state index in [9.17, 15) is 0 Å². The molecule has 1 radical (unpaired) electrons. The maximum atomic E-state index is 8.62. The van der Waals surface area contributed by atoms with Gasteiger partial charge in [0.1, 0.15) is 0 Å².